The Kier molecular flexibility index (Phi) is 6.52. The van der Waals surface area contributed by atoms with Gasteiger partial charge >= 0.3 is 6.03 Å². The van der Waals surface area contributed by atoms with E-state index in [-0.39, 0.29) is 6.03 Å². The van der Waals surface area contributed by atoms with E-state index in [1.807, 2.05) is 9.80 Å². The zero-order valence-corrected chi connectivity index (χ0v) is 21.2. The van der Waals surface area contributed by atoms with Gasteiger partial charge in [-0.1, -0.05) is 0 Å². The van der Waals surface area contributed by atoms with E-state index < -0.39 is 0 Å². The molecule has 0 spiro atoms. The van der Waals surface area contributed by atoms with Gasteiger partial charge in [0, 0.05) is 63.7 Å². The molecule has 4 fully saturated rings. The molecule has 4 aliphatic rings. The van der Waals surface area contributed by atoms with Crippen LogP contribution in [0.1, 0.15) is 43.6 Å². The lowest BCUT2D eigenvalue weighted by Crippen LogP contribution is -2.44. The summed E-state index contributed by atoms with van der Waals surface area (Å²) in [7, 11) is 2.19. The third-order valence-electron chi connectivity index (χ3n) is 7.95. The minimum atomic E-state index is 0.203. The number of aromatic nitrogens is 3. The summed E-state index contributed by atoms with van der Waals surface area (Å²) < 4.78 is 0. The number of piperazine rings is 1. The summed E-state index contributed by atoms with van der Waals surface area (Å²) in [6.07, 6.45) is 7.17. The van der Waals surface area contributed by atoms with Gasteiger partial charge in [0.25, 0.3) is 0 Å². The molecule has 1 saturated carbocycles. The molecule has 192 valence electrons. The number of nitrogens with one attached hydrogen (secondary N) is 2. The van der Waals surface area contributed by atoms with Crippen molar-refractivity contribution in [2.24, 2.45) is 0 Å². The fourth-order valence-electron chi connectivity index (χ4n) is 5.67. The van der Waals surface area contributed by atoms with Crippen LogP contribution >= 0.6 is 0 Å². The van der Waals surface area contributed by atoms with Crippen molar-refractivity contribution in [2.75, 3.05) is 74.9 Å². The Labute approximate surface area is 213 Å². The summed E-state index contributed by atoms with van der Waals surface area (Å²) in [5.41, 5.74) is 3.75. The van der Waals surface area contributed by atoms with Gasteiger partial charge in [0.1, 0.15) is 6.33 Å². The molecule has 1 aromatic heterocycles. The highest BCUT2D eigenvalue weighted by Gasteiger charge is 2.39. The SMILES string of the molecule is CN1CCN(c2ccc(Nc3ncnc(NCCCN4C[C@@H]5CCCN5C4=O)n3)c(C3CC3)c2)CC1. The van der Waals surface area contributed by atoms with E-state index in [1.165, 1.54) is 24.1 Å². The molecule has 2 aromatic rings. The number of hydrogen-bond acceptors (Lipinski definition) is 8. The first-order valence-electron chi connectivity index (χ1n) is 13.5. The van der Waals surface area contributed by atoms with Crippen LogP contribution in [0.15, 0.2) is 24.5 Å². The Balaban J connectivity index is 1.04. The van der Waals surface area contributed by atoms with Gasteiger partial charge in [-0.25, -0.2) is 14.8 Å². The third-order valence-corrected chi connectivity index (χ3v) is 7.95. The van der Waals surface area contributed by atoms with Gasteiger partial charge in [0.15, 0.2) is 0 Å². The van der Waals surface area contributed by atoms with Crippen LogP contribution in [-0.4, -0.2) is 101 Å². The first-order valence-corrected chi connectivity index (χ1v) is 13.5. The molecular formula is C26H37N9O. The number of fused-ring (bicyclic) bond motifs is 1. The van der Waals surface area contributed by atoms with Gasteiger partial charge in [0.2, 0.25) is 11.9 Å². The van der Waals surface area contributed by atoms with Gasteiger partial charge < -0.3 is 30.2 Å². The number of likely N-dealkylation sites (N-methyl/N-ethyl adjacent to an activating group) is 1. The summed E-state index contributed by atoms with van der Waals surface area (Å²) in [5, 5.41) is 6.75. The number of anilines is 4. The van der Waals surface area contributed by atoms with Crippen molar-refractivity contribution in [3.8, 4) is 0 Å². The van der Waals surface area contributed by atoms with E-state index in [1.54, 1.807) is 6.33 Å². The van der Waals surface area contributed by atoms with Crippen molar-refractivity contribution in [3.63, 3.8) is 0 Å². The summed E-state index contributed by atoms with van der Waals surface area (Å²) in [6, 6.07) is 7.38. The van der Waals surface area contributed by atoms with Gasteiger partial charge in [-0.05, 0) is 68.8 Å². The highest BCUT2D eigenvalue weighted by Crippen LogP contribution is 2.45. The number of benzene rings is 1. The van der Waals surface area contributed by atoms with Gasteiger partial charge in [-0.2, -0.15) is 4.98 Å². The number of urea groups is 1. The molecule has 2 N–H and O–H groups in total. The van der Waals surface area contributed by atoms with E-state index in [0.717, 1.165) is 70.8 Å². The lowest BCUT2D eigenvalue weighted by atomic mass is 10.1. The molecule has 4 heterocycles. The van der Waals surface area contributed by atoms with Crippen LogP contribution in [0.25, 0.3) is 0 Å². The first kappa shape index (κ1) is 23.3. The number of carbonyl (C=O) groups excluding carboxylic acids is 1. The highest BCUT2D eigenvalue weighted by atomic mass is 16.2. The maximum Gasteiger partial charge on any atom is 0.320 e. The lowest BCUT2D eigenvalue weighted by molar-refractivity contribution is 0.193. The first-order chi connectivity index (χ1) is 17.6. The Morgan fingerprint density at radius 3 is 2.67 bits per heavy atom. The van der Waals surface area contributed by atoms with Crippen LogP contribution in [-0.2, 0) is 0 Å². The quantitative estimate of drug-likeness (QED) is 0.518. The Morgan fingerprint density at radius 1 is 1.03 bits per heavy atom. The van der Waals surface area contributed by atoms with Gasteiger partial charge in [0.05, 0.1) is 6.04 Å². The molecule has 3 saturated heterocycles. The summed E-state index contributed by atoms with van der Waals surface area (Å²) in [5.74, 6) is 1.73. The minimum Gasteiger partial charge on any atom is -0.369 e. The van der Waals surface area contributed by atoms with Crippen LogP contribution in [0.2, 0.25) is 0 Å². The second-order valence-electron chi connectivity index (χ2n) is 10.6. The summed E-state index contributed by atoms with van der Waals surface area (Å²) in [6.45, 7) is 7.61. The van der Waals surface area contributed by atoms with Gasteiger partial charge in [-0.3, -0.25) is 0 Å². The molecule has 0 bridgehead atoms. The summed E-state index contributed by atoms with van der Waals surface area (Å²) in [4.78, 5) is 34.6. The van der Waals surface area contributed by atoms with Crippen LogP contribution in [0.3, 0.4) is 0 Å². The second-order valence-corrected chi connectivity index (χ2v) is 10.6. The van der Waals surface area contributed by atoms with Crippen molar-refractivity contribution in [1.29, 1.82) is 0 Å². The molecule has 1 aliphatic carbocycles. The number of amides is 2. The molecular weight excluding hydrogens is 454 g/mol. The largest absolute Gasteiger partial charge is 0.369 e. The van der Waals surface area contributed by atoms with E-state index in [9.17, 15) is 4.79 Å². The zero-order valence-electron chi connectivity index (χ0n) is 21.2. The smallest absolute Gasteiger partial charge is 0.320 e. The molecule has 10 nitrogen and oxygen atoms in total. The summed E-state index contributed by atoms with van der Waals surface area (Å²) >= 11 is 0. The van der Waals surface area contributed by atoms with E-state index in [4.69, 9.17) is 0 Å². The molecule has 0 unspecified atom stereocenters. The minimum absolute atomic E-state index is 0.203. The average Bonchev–Trinajstić information content (AvgIpc) is 3.56. The number of nitrogens with zero attached hydrogens (tertiary/aromatic N) is 7. The van der Waals surface area contributed by atoms with E-state index in [0.29, 0.717) is 30.4 Å². The van der Waals surface area contributed by atoms with Crippen molar-refractivity contribution >= 4 is 29.3 Å². The lowest BCUT2D eigenvalue weighted by Gasteiger charge is -2.34. The predicted molar refractivity (Wildman–Crippen MR) is 141 cm³/mol. The Bertz CT molecular complexity index is 1080. The number of hydrogen-bond donors (Lipinski definition) is 2. The topological polar surface area (TPSA) is 92.8 Å². The number of carbonyl (C=O) groups is 1. The fourth-order valence-corrected chi connectivity index (χ4v) is 5.67. The maximum absolute atomic E-state index is 12.5. The maximum atomic E-state index is 12.5. The van der Waals surface area contributed by atoms with Crippen LogP contribution in [0.5, 0.6) is 0 Å². The molecule has 36 heavy (non-hydrogen) atoms. The average molecular weight is 492 g/mol. The van der Waals surface area contributed by atoms with Crippen molar-refractivity contribution in [1.82, 2.24) is 29.7 Å². The molecule has 1 atom stereocenters. The molecule has 6 rings (SSSR count). The third kappa shape index (κ3) is 5.04. The molecule has 2 amide bonds. The standard InChI is InChI=1S/C26H37N9O/c1-32-12-14-33(15-13-32)20-7-8-23(22(16-20)19-5-6-19)30-25-29-18-28-24(31-25)27-9-3-10-34-17-21-4-2-11-35(21)26(34)36/h7-8,16,18-19,21H,2-6,9-15,17H2,1H3,(H2,27,28,29,30,31)/t21-/m0/s1. The Hall–Kier alpha value is -3.14. The van der Waals surface area contributed by atoms with Crippen LogP contribution in [0.4, 0.5) is 28.1 Å². The molecule has 0 radical (unpaired) electrons. The fraction of sp³-hybridized carbons (Fsp3) is 0.615. The van der Waals surface area contributed by atoms with E-state index >= 15 is 0 Å². The van der Waals surface area contributed by atoms with Crippen molar-refractivity contribution in [3.05, 3.63) is 30.1 Å². The molecule has 1 aromatic carbocycles. The molecule has 3 aliphatic heterocycles. The second kappa shape index (κ2) is 10.1. The van der Waals surface area contributed by atoms with Crippen LogP contribution in [0, 0.1) is 0 Å². The van der Waals surface area contributed by atoms with Crippen molar-refractivity contribution < 1.29 is 4.79 Å². The highest BCUT2D eigenvalue weighted by molar-refractivity contribution is 5.77. The van der Waals surface area contributed by atoms with Gasteiger partial charge in [-0.15, -0.1) is 0 Å². The molecule has 10 heteroatoms. The monoisotopic (exact) mass is 491 g/mol. The van der Waals surface area contributed by atoms with Crippen LogP contribution < -0.4 is 15.5 Å². The zero-order chi connectivity index (χ0) is 24.5. The Morgan fingerprint density at radius 2 is 1.86 bits per heavy atom. The van der Waals surface area contributed by atoms with Crippen molar-refractivity contribution in [2.45, 2.75) is 44.1 Å². The van der Waals surface area contributed by atoms with E-state index in [2.05, 4.69) is 60.6 Å². The number of rotatable bonds is 9. The normalized spacial score (nSPS) is 22.3. The predicted octanol–water partition coefficient (Wildman–Crippen LogP) is 2.95.